The molecule has 0 aromatic rings. The van der Waals surface area contributed by atoms with Crippen molar-refractivity contribution in [1.82, 2.24) is 0 Å². The molecule has 0 saturated heterocycles. The van der Waals surface area contributed by atoms with Crippen LogP contribution in [0.15, 0.2) is 24.3 Å². The van der Waals surface area contributed by atoms with E-state index in [-0.39, 0.29) is 12.2 Å². The van der Waals surface area contributed by atoms with Gasteiger partial charge in [0.05, 0.1) is 7.11 Å². The van der Waals surface area contributed by atoms with E-state index >= 15 is 0 Å². The fraction of sp³-hybridized carbons (Fsp3) is 0.455. The lowest BCUT2D eigenvalue weighted by Gasteiger charge is -1.96. The Morgan fingerprint density at radius 3 is 2.57 bits per heavy atom. The maximum atomic E-state index is 11.1. The summed E-state index contributed by atoms with van der Waals surface area (Å²) in [5, 5.41) is 0. The van der Waals surface area contributed by atoms with E-state index in [1.54, 1.807) is 0 Å². The Balaban J connectivity index is 3.59. The van der Waals surface area contributed by atoms with Gasteiger partial charge in [0.15, 0.2) is 0 Å². The molecule has 0 atom stereocenters. The molecule has 0 rings (SSSR count). The van der Waals surface area contributed by atoms with E-state index in [9.17, 15) is 9.59 Å². The average Bonchev–Trinajstić information content (AvgIpc) is 2.17. The second-order valence-corrected chi connectivity index (χ2v) is 2.78. The summed E-state index contributed by atoms with van der Waals surface area (Å²) in [7, 11) is 1.28. The van der Waals surface area contributed by atoms with Gasteiger partial charge < -0.3 is 4.74 Å². The van der Waals surface area contributed by atoms with Crippen molar-refractivity contribution in [1.29, 1.82) is 0 Å². The van der Waals surface area contributed by atoms with E-state index in [1.807, 2.05) is 31.2 Å². The molecule has 0 spiro atoms. The van der Waals surface area contributed by atoms with Crippen LogP contribution in [-0.2, 0) is 14.3 Å². The van der Waals surface area contributed by atoms with Crippen LogP contribution in [0.1, 0.15) is 26.2 Å². The van der Waals surface area contributed by atoms with Crippen molar-refractivity contribution in [2.45, 2.75) is 26.2 Å². The number of carbonyl (C=O) groups is 2. The molecule has 0 unspecified atom stereocenters. The highest BCUT2D eigenvalue weighted by molar-refractivity contribution is 5.95. The van der Waals surface area contributed by atoms with E-state index < -0.39 is 5.97 Å². The lowest BCUT2D eigenvalue weighted by atomic mass is 10.1. The summed E-state index contributed by atoms with van der Waals surface area (Å²) in [5.41, 5.74) is 0. The van der Waals surface area contributed by atoms with Gasteiger partial charge >= 0.3 is 5.97 Å². The predicted molar refractivity (Wildman–Crippen MR) is 54.8 cm³/mol. The van der Waals surface area contributed by atoms with Gasteiger partial charge in [-0.25, -0.2) is 0 Å². The molecular formula is C11H16O3. The third kappa shape index (κ3) is 7.28. The average molecular weight is 196 g/mol. The van der Waals surface area contributed by atoms with Crippen LogP contribution in [0.4, 0.5) is 0 Å². The third-order valence-electron chi connectivity index (χ3n) is 1.60. The molecule has 3 heteroatoms. The Morgan fingerprint density at radius 2 is 2.00 bits per heavy atom. The van der Waals surface area contributed by atoms with Crippen molar-refractivity contribution in [3.05, 3.63) is 24.3 Å². The van der Waals surface area contributed by atoms with Gasteiger partial charge in [0.2, 0.25) is 0 Å². The van der Waals surface area contributed by atoms with E-state index in [2.05, 4.69) is 4.74 Å². The minimum absolute atomic E-state index is 0.0815. The third-order valence-corrected chi connectivity index (χ3v) is 1.60. The van der Waals surface area contributed by atoms with Crippen LogP contribution in [0, 0.1) is 0 Å². The molecule has 0 fully saturated rings. The smallest absolute Gasteiger partial charge is 0.313 e. The first kappa shape index (κ1) is 12.6. The number of esters is 1. The Hall–Kier alpha value is -1.38. The molecule has 0 aliphatic rings. The van der Waals surface area contributed by atoms with Crippen molar-refractivity contribution in [2.75, 3.05) is 7.11 Å². The summed E-state index contributed by atoms with van der Waals surface area (Å²) in [6, 6.07) is 0. The standard InChI is InChI=1S/C11H16O3/c1-3-4-5-6-7-8-10(12)9-11(13)14-2/h3-6H,7-9H2,1-2H3. The molecule has 0 radical (unpaired) electrons. The van der Waals surface area contributed by atoms with Gasteiger partial charge in [0.1, 0.15) is 12.2 Å². The topological polar surface area (TPSA) is 43.4 Å². The monoisotopic (exact) mass is 196 g/mol. The molecule has 0 aromatic heterocycles. The van der Waals surface area contributed by atoms with E-state index in [0.717, 1.165) is 0 Å². The van der Waals surface area contributed by atoms with Crippen LogP contribution in [-0.4, -0.2) is 18.9 Å². The zero-order valence-corrected chi connectivity index (χ0v) is 8.66. The van der Waals surface area contributed by atoms with Crippen LogP contribution in [0.3, 0.4) is 0 Å². The zero-order chi connectivity index (χ0) is 10.8. The Morgan fingerprint density at radius 1 is 1.29 bits per heavy atom. The van der Waals surface area contributed by atoms with Gasteiger partial charge in [-0.3, -0.25) is 9.59 Å². The lowest BCUT2D eigenvalue weighted by molar-refractivity contribution is -0.143. The molecule has 0 N–H and O–H groups in total. The van der Waals surface area contributed by atoms with Gasteiger partial charge in [-0.1, -0.05) is 24.3 Å². The highest BCUT2D eigenvalue weighted by Gasteiger charge is 2.07. The number of Topliss-reactive ketones (excluding diaryl/α,β-unsaturated/α-hetero) is 1. The number of methoxy groups -OCH3 is 1. The number of ketones is 1. The number of hydrogen-bond donors (Lipinski definition) is 0. The summed E-state index contributed by atoms with van der Waals surface area (Å²) < 4.78 is 4.38. The van der Waals surface area contributed by atoms with E-state index in [1.165, 1.54) is 7.11 Å². The maximum absolute atomic E-state index is 11.1. The lowest BCUT2D eigenvalue weighted by Crippen LogP contribution is -2.08. The Kier molecular flexibility index (Phi) is 7.42. The quantitative estimate of drug-likeness (QED) is 0.371. The molecule has 0 aromatic carbocycles. The number of hydrogen-bond acceptors (Lipinski definition) is 3. The highest BCUT2D eigenvalue weighted by Crippen LogP contribution is 1.98. The highest BCUT2D eigenvalue weighted by atomic mass is 16.5. The normalized spacial score (nSPS) is 11.0. The molecular weight excluding hydrogens is 180 g/mol. The number of rotatable bonds is 6. The maximum Gasteiger partial charge on any atom is 0.313 e. The van der Waals surface area contributed by atoms with E-state index in [0.29, 0.717) is 12.8 Å². The minimum atomic E-state index is -0.465. The van der Waals surface area contributed by atoms with Crippen molar-refractivity contribution in [3.8, 4) is 0 Å². The molecule has 0 bridgehead atoms. The SMILES string of the molecule is CC=CC=CCCC(=O)CC(=O)OC. The van der Waals surface area contributed by atoms with Crippen molar-refractivity contribution in [3.63, 3.8) is 0 Å². The van der Waals surface area contributed by atoms with Crippen molar-refractivity contribution >= 4 is 11.8 Å². The molecule has 78 valence electrons. The summed E-state index contributed by atoms with van der Waals surface area (Å²) in [5.74, 6) is -0.547. The summed E-state index contributed by atoms with van der Waals surface area (Å²) in [6.45, 7) is 1.92. The molecule has 0 heterocycles. The van der Waals surface area contributed by atoms with Crippen LogP contribution < -0.4 is 0 Å². The van der Waals surface area contributed by atoms with Crippen molar-refractivity contribution in [2.24, 2.45) is 0 Å². The summed E-state index contributed by atoms with van der Waals surface area (Å²) in [6.07, 6.45) is 8.52. The Bertz CT molecular complexity index is 239. The van der Waals surface area contributed by atoms with Gasteiger partial charge in [-0.05, 0) is 13.3 Å². The fourth-order valence-corrected chi connectivity index (χ4v) is 0.852. The molecule has 3 nitrogen and oxygen atoms in total. The largest absolute Gasteiger partial charge is 0.469 e. The first-order chi connectivity index (χ1) is 6.70. The van der Waals surface area contributed by atoms with Crippen LogP contribution in [0.25, 0.3) is 0 Å². The van der Waals surface area contributed by atoms with Gasteiger partial charge in [-0.15, -0.1) is 0 Å². The fourth-order valence-electron chi connectivity index (χ4n) is 0.852. The first-order valence-electron chi connectivity index (χ1n) is 4.57. The zero-order valence-electron chi connectivity index (χ0n) is 8.66. The molecule has 0 amide bonds. The Labute approximate surface area is 84.4 Å². The molecule has 0 aliphatic heterocycles. The second-order valence-electron chi connectivity index (χ2n) is 2.78. The van der Waals surface area contributed by atoms with Crippen molar-refractivity contribution < 1.29 is 14.3 Å². The molecule has 0 saturated carbocycles. The summed E-state index contributed by atoms with van der Waals surface area (Å²) >= 11 is 0. The number of ether oxygens (including phenoxy) is 1. The van der Waals surface area contributed by atoms with Gasteiger partial charge in [0, 0.05) is 6.42 Å². The van der Waals surface area contributed by atoms with Gasteiger partial charge in [0.25, 0.3) is 0 Å². The predicted octanol–water partition coefficient (Wildman–Crippen LogP) is 2.03. The second kappa shape index (κ2) is 8.23. The first-order valence-corrected chi connectivity index (χ1v) is 4.57. The van der Waals surface area contributed by atoms with Gasteiger partial charge in [-0.2, -0.15) is 0 Å². The number of carbonyl (C=O) groups excluding carboxylic acids is 2. The van der Waals surface area contributed by atoms with E-state index in [4.69, 9.17) is 0 Å². The van der Waals surface area contributed by atoms with Crippen LogP contribution in [0.5, 0.6) is 0 Å². The molecule has 0 aliphatic carbocycles. The van der Waals surface area contributed by atoms with Crippen LogP contribution in [0.2, 0.25) is 0 Å². The van der Waals surface area contributed by atoms with Crippen LogP contribution >= 0.6 is 0 Å². The number of allylic oxidation sites excluding steroid dienone is 4. The molecule has 14 heavy (non-hydrogen) atoms. The minimum Gasteiger partial charge on any atom is -0.469 e. The summed E-state index contributed by atoms with van der Waals surface area (Å²) in [4.78, 5) is 21.8.